The Balaban J connectivity index is 1.91. The zero-order chi connectivity index (χ0) is 14.7. The van der Waals surface area contributed by atoms with Gasteiger partial charge in [0.25, 0.3) is 0 Å². The Bertz CT molecular complexity index is 606. The number of benzene rings is 2. The van der Waals surface area contributed by atoms with E-state index in [1.165, 1.54) is 21.6 Å². The molecule has 1 aliphatic heterocycles. The number of hydrogen-bond acceptors (Lipinski definition) is 2. The highest BCUT2D eigenvalue weighted by Gasteiger charge is 2.17. The first-order valence-electron chi connectivity index (χ1n) is 7.79. The first kappa shape index (κ1) is 14.7. The minimum atomic E-state index is 0.493. The van der Waals surface area contributed by atoms with Crippen molar-refractivity contribution in [2.24, 2.45) is 0 Å². The van der Waals surface area contributed by atoms with Crippen molar-refractivity contribution in [2.45, 2.75) is 36.8 Å². The van der Waals surface area contributed by atoms with Gasteiger partial charge in [0, 0.05) is 10.1 Å². The van der Waals surface area contributed by atoms with E-state index < -0.39 is 0 Å². The molecule has 1 atom stereocenters. The van der Waals surface area contributed by atoms with Crippen molar-refractivity contribution in [1.82, 2.24) is 5.32 Å². The molecule has 2 heteroatoms. The maximum Gasteiger partial charge on any atom is 0.0316 e. The molecule has 110 valence electrons. The average Bonchev–Trinajstić information content (AvgIpc) is 2.76. The third-order valence-electron chi connectivity index (χ3n) is 4.24. The van der Waals surface area contributed by atoms with Crippen LogP contribution in [0, 0.1) is 6.92 Å². The number of thioether (sulfide) groups is 1. The van der Waals surface area contributed by atoms with E-state index in [1.54, 1.807) is 5.56 Å². The van der Waals surface area contributed by atoms with E-state index >= 15 is 0 Å². The van der Waals surface area contributed by atoms with Crippen LogP contribution in [0.15, 0.2) is 47.4 Å². The molecule has 0 saturated heterocycles. The van der Waals surface area contributed by atoms with Crippen LogP contribution in [-0.2, 0) is 12.8 Å². The minimum Gasteiger partial charge on any atom is -0.316 e. The molecule has 3 rings (SSSR count). The number of rotatable bonds is 3. The van der Waals surface area contributed by atoms with E-state index in [4.69, 9.17) is 0 Å². The van der Waals surface area contributed by atoms with Crippen molar-refractivity contribution in [2.75, 3.05) is 13.1 Å². The Hall–Kier alpha value is -1.25. The zero-order valence-electron chi connectivity index (χ0n) is 12.9. The summed E-state index contributed by atoms with van der Waals surface area (Å²) in [6.45, 7) is 6.77. The maximum absolute atomic E-state index is 3.52. The first-order chi connectivity index (χ1) is 10.3. The van der Waals surface area contributed by atoms with Crippen molar-refractivity contribution in [3.63, 3.8) is 0 Å². The van der Waals surface area contributed by atoms with Crippen LogP contribution in [0.3, 0.4) is 0 Å². The molecule has 0 aromatic heterocycles. The number of nitrogens with one attached hydrogen (secondary N) is 1. The summed E-state index contributed by atoms with van der Waals surface area (Å²) >= 11 is 2.02. The zero-order valence-corrected chi connectivity index (χ0v) is 13.7. The Labute approximate surface area is 132 Å². The lowest BCUT2D eigenvalue weighted by atomic mass is 10.0. The molecule has 0 aliphatic carbocycles. The molecule has 0 saturated carbocycles. The summed E-state index contributed by atoms with van der Waals surface area (Å²) in [7, 11) is 0. The molecular weight excluding hydrogens is 274 g/mol. The van der Waals surface area contributed by atoms with Crippen molar-refractivity contribution >= 4 is 11.8 Å². The molecule has 0 spiro atoms. The van der Waals surface area contributed by atoms with Crippen LogP contribution in [0.5, 0.6) is 0 Å². The number of fused-ring (bicyclic) bond motifs is 1. The molecule has 0 fully saturated rings. The molecule has 1 aliphatic rings. The lowest BCUT2D eigenvalue weighted by Gasteiger charge is -2.19. The quantitative estimate of drug-likeness (QED) is 0.835. The Morgan fingerprint density at radius 3 is 2.57 bits per heavy atom. The van der Waals surface area contributed by atoms with E-state index in [9.17, 15) is 0 Å². The molecule has 1 heterocycles. The van der Waals surface area contributed by atoms with Crippen LogP contribution in [0.4, 0.5) is 0 Å². The van der Waals surface area contributed by atoms with Gasteiger partial charge in [-0.15, -0.1) is 11.8 Å². The summed E-state index contributed by atoms with van der Waals surface area (Å²) in [4.78, 5) is 1.51. The minimum absolute atomic E-state index is 0.493. The van der Waals surface area contributed by atoms with Crippen LogP contribution in [0.2, 0.25) is 0 Å². The van der Waals surface area contributed by atoms with Crippen molar-refractivity contribution in [3.05, 3.63) is 64.7 Å². The standard InChI is InChI=1S/C19H23NS/c1-14-8-9-17-10-12-20-13-11-18(17)19(14)21-15(2)16-6-4-3-5-7-16/h3-9,15,20H,10-13H2,1-2H3/t15-/m0/s1. The second-order valence-electron chi connectivity index (χ2n) is 5.77. The summed E-state index contributed by atoms with van der Waals surface area (Å²) in [6.07, 6.45) is 2.31. The summed E-state index contributed by atoms with van der Waals surface area (Å²) < 4.78 is 0. The van der Waals surface area contributed by atoms with Gasteiger partial charge < -0.3 is 5.32 Å². The predicted octanol–water partition coefficient (Wildman–Crippen LogP) is 4.54. The van der Waals surface area contributed by atoms with E-state index in [1.807, 2.05) is 11.8 Å². The van der Waals surface area contributed by atoms with Crippen molar-refractivity contribution in [3.8, 4) is 0 Å². The van der Waals surface area contributed by atoms with Gasteiger partial charge in [-0.2, -0.15) is 0 Å². The smallest absolute Gasteiger partial charge is 0.0316 e. The van der Waals surface area contributed by atoms with Crippen LogP contribution in [0.25, 0.3) is 0 Å². The average molecular weight is 297 g/mol. The van der Waals surface area contributed by atoms with Gasteiger partial charge >= 0.3 is 0 Å². The van der Waals surface area contributed by atoms with Gasteiger partial charge in [0.15, 0.2) is 0 Å². The predicted molar refractivity (Wildman–Crippen MR) is 92.2 cm³/mol. The largest absolute Gasteiger partial charge is 0.316 e. The molecular formula is C19H23NS. The molecule has 0 unspecified atom stereocenters. The lowest BCUT2D eigenvalue weighted by molar-refractivity contribution is 0.709. The van der Waals surface area contributed by atoms with Gasteiger partial charge in [0.2, 0.25) is 0 Å². The van der Waals surface area contributed by atoms with Crippen molar-refractivity contribution < 1.29 is 0 Å². The fourth-order valence-electron chi connectivity index (χ4n) is 2.99. The molecule has 0 radical (unpaired) electrons. The van der Waals surface area contributed by atoms with E-state index in [0.717, 1.165) is 25.9 Å². The Morgan fingerprint density at radius 1 is 1.00 bits per heavy atom. The van der Waals surface area contributed by atoms with Gasteiger partial charge in [0.05, 0.1) is 0 Å². The molecule has 1 N–H and O–H groups in total. The fourth-order valence-corrected chi connectivity index (χ4v) is 4.26. The van der Waals surface area contributed by atoms with Crippen molar-refractivity contribution in [1.29, 1.82) is 0 Å². The maximum atomic E-state index is 3.52. The SMILES string of the molecule is Cc1ccc2c(c1S[C@@H](C)c1ccccc1)CCNCC2. The second-order valence-corrected chi connectivity index (χ2v) is 7.12. The van der Waals surface area contributed by atoms with E-state index in [2.05, 4.69) is 61.6 Å². The molecule has 1 nitrogen and oxygen atoms in total. The fraction of sp³-hybridized carbons (Fsp3) is 0.368. The Morgan fingerprint density at radius 2 is 1.76 bits per heavy atom. The van der Waals surface area contributed by atoms with Gasteiger partial charge in [-0.05, 0) is 62.0 Å². The summed E-state index contributed by atoms with van der Waals surface area (Å²) in [5.41, 5.74) is 5.94. The van der Waals surface area contributed by atoms with Crippen LogP contribution in [-0.4, -0.2) is 13.1 Å². The molecule has 2 aromatic carbocycles. The first-order valence-corrected chi connectivity index (χ1v) is 8.67. The van der Waals surface area contributed by atoms with Gasteiger partial charge in [-0.3, -0.25) is 0 Å². The summed E-state index contributed by atoms with van der Waals surface area (Å²) in [5, 5.41) is 4.01. The molecule has 21 heavy (non-hydrogen) atoms. The normalized spacial score (nSPS) is 16.1. The van der Waals surface area contributed by atoms with E-state index in [0.29, 0.717) is 5.25 Å². The lowest BCUT2D eigenvalue weighted by Crippen LogP contribution is -2.16. The summed E-state index contributed by atoms with van der Waals surface area (Å²) in [6, 6.07) is 15.4. The highest BCUT2D eigenvalue weighted by molar-refractivity contribution is 7.99. The third kappa shape index (κ3) is 3.33. The van der Waals surface area contributed by atoms with Gasteiger partial charge in [-0.1, -0.05) is 42.5 Å². The van der Waals surface area contributed by atoms with Crippen LogP contribution < -0.4 is 5.32 Å². The number of aryl methyl sites for hydroxylation is 1. The molecule has 0 amide bonds. The highest BCUT2D eigenvalue weighted by atomic mass is 32.2. The third-order valence-corrected chi connectivity index (χ3v) is 5.67. The summed E-state index contributed by atoms with van der Waals surface area (Å²) in [5.74, 6) is 0. The number of hydrogen-bond donors (Lipinski definition) is 1. The monoisotopic (exact) mass is 297 g/mol. The molecule has 0 bridgehead atoms. The molecule has 2 aromatic rings. The van der Waals surface area contributed by atoms with Gasteiger partial charge in [0.1, 0.15) is 0 Å². The highest BCUT2D eigenvalue weighted by Crippen LogP contribution is 2.40. The topological polar surface area (TPSA) is 12.0 Å². The van der Waals surface area contributed by atoms with E-state index in [-0.39, 0.29) is 0 Å². The van der Waals surface area contributed by atoms with Gasteiger partial charge in [-0.25, -0.2) is 0 Å². The van der Waals surface area contributed by atoms with Crippen LogP contribution >= 0.6 is 11.8 Å². The second kappa shape index (κ2) is 6.67. The Kier molecular flexibility index (Phi) is 4.67. The van der Waals surface area contributed by atoms with Crippen LogP contribution in [0.1, 0.15) is 34.4 Å².